The van der Waals surface area contributed by atoms with Crippen molar-refractivity contribution in [2.45, 2.75) is 6.54 Å². The van der Waals surface area contributed by atoms with Gasteiger partial charge in [-0.05, 0) is 37.9 Å². The molecule has 0 aliphatic rings. The molecule has 0 aliphatic heterocycles. The van der Waals surface area contributed by atoms with Gasteiger partial charge in [-0.25, -0.2) is 4.98 Å². The largest absolute Gasteiger partial charge is 0.368 e. The molecule has 16 heavy (non-hydrogen) atoms. The van der Waals surface area contributed by atoms with E-state index in [1.807, 2.05) is 5.38 Å². The summed E-state index contributed by atoms with van der Waals surface area (Å²) in [6.45, 7) is 0.714. The van der Waals surface area contributed by atoms with Crippen LogP contribution in [0.2, 0.25) is 0 Å². The molecular weight excluding hydrogens is 356 g/mol. The summed E-state index contributed by atoms with van der Waals surface area (Å²) in [5, 5.41) is 5.24. The number of thiophene rings is 1. The van der Waals surface area contributed by atoms with Gasteiger partial charge < -0.3 is 11.1 Å². The quantitative estimate of drug-likeness (QED) is 0.878. The molecule has 2 aromatic rings. The first-order valence-electron chi connectivity index (χ1n) is 4.40. The lowest BCUT2D eigenvalue weighted by molar-refractivity contribution is 1.10. The fourth-order valence-corrected chi connectivity index (χ4v) is 2.84. The summed E-state index contributed by atoms with van der Waals surface area (Å²) in [7, 11) is 0. The van der Waals surface area contributed by atoms with Crippen LogP contribution in [0, 0.1) is 0 Å². The van der Waals surface area contributed by atoms with Crippen molar-refractivity contribution in [3.8, 4) is 0 Å². The first kappa shape index (κ1) is 11.8. The molecule has 0 saturated carbocycles. The van der Waals surface area contributed by atoms with Gasteiger partial charge in [0.2, 0.25) is 5.95 Å². The highest BCUT2D eigenvalue weighted by Crippen LogP contribution is 2.23. The van der Waals surface area contributed by atoms with Gasteiger partial charge in [0.1, 0.15) is 5.82 Å². The zero-order valence-corrected chi connectivity index (χ0v) is 12.1. The lowest BCUT2D eigenvalue weighted by Gasteiger charge is -2.05. The summed E-state index contributed by atoms with van der Waals surface area (Å²) in [4.78, 5) is 9.19. The Morgan fingerprint density at radius 3 is 2.94 bits per heavy atom. The molecule has 0 radical (unpaired) electrons. The maximum Gasteiger partial charge on any atom is 0.221 e. The number of aromatic nitrogens is 2. The van der Waals surface area contributed by atoms with Crippen molar-refractivity contribution in [1.29, 1.82) is 0 Å². The smallest absolute Gasteiger partial charge is 0.221 e. The SMILES string of the molecule is Nc1ncc(Br)c(NCc2cc(Br)cs2)n1. The minimum Gasteiger partial charge on any atom is -0.368 e. The van der Waals surface area contributed by atoms with Crippen molar-refractivity contribution in [2.75, 3.05) is 11.1 Å². The van der Waals surface area contributed by atoms with Crippen LogP contribution in [0.3, 0.4) is 0 Å². The number of nitrogens with one attached hydrogen (secondary N) is 1. The maximum absolute atomic E-state index is 5.51. The van der Waals surface area contributed by atoms with E-state index in [0.717, 1.165) is 8.95 Å². The van der Waals surface area contributed by atoms with Crippen molar-refractivity contribution < 1.29 is 0 Å². The molecule has 4 nitrogen and oxygen atoms in total. The van der Waals surface area contributed by atoms with Crippen LogP contribution in [-0.4, -0.2) is 9.97 Å². The highest BCUT2D eigenvalue weighted by atomic mass is 79.9. The zero-order chi connectivity index (χ0) is 11.5. The summed E-state index contributed by atoms with van der Waals surface area (Å²) in [5.41, 5.74) is 5.51. The monoisotopic (exact) mass is 362 g/mol. The Morgan fingerprint density at radius 2 is 2.25 bits per heavy atom. The number of hydrogen-bond donors (Lipinski definition) is 2. The summed E-state index contributed by atoms with van der Waals surface area (Å²) < 4.78 is 1.90. The molecule has 2 rings (SSSR count). The number of hydrogen-bond acceptors (Lipinski definition) is 5. The van der Waals surface area contributed by atoms with Gasteiger partial charge in [0.25, 0.3) is 0 Å². The molecule has 0 spiro atoms. The number of halogens is 2. The number of nitrogens with two attached hydrogens (primary N) is 1. The van der Waals surface area contributed by atoms with Crippen molar-refractivity contribution >= 4 is 55.0 Å². The molecule has 3 N–H and O–H groups in total. The molecule has 0 atom stereocenters. The second-order valence-corrected chi connectivity index (χ2v) is 5.78. The standard InChI is InChI=1S/C9H8Br2N4S/c10-5-1-6(16-4-5)2-13-8-7(11)3-14-9(12)15-8/h1,3-4H,2H2,(H3,12,13,14,15). The molecule has 0 aromatic carbocycles. The molecular formula is C9H8Br2N4S. The number of rotatable bonds is 3. The van der Waals surface area contributed by atoms with Crippen LogP contribution in [0.15, 0.2) is 26.6 Å². The number of nitrogen functional groups attached to an aromatic ring is 1. The predicted molar refractivity (Wildman–Crippen MR) is 73.5 cm³/mol. The zero-order valence-electron chi connectivity index (χ0n) is 8.08. The van der Waals surface area contributed by atoms with Crippen molar-refractivity contribution in [2.24, 2.45) is 0 Å². The molecule has 0 saturated heterocycles. The van der Waals surface area contributed by atoms with E-state index in [4.69, 9.17) is 5.73 Å². The Morgan fingerprint density at radius 1 is 1.44 bits per heavy atom. The summed E-state index contributed by atoms with van der Waals surface area (Å²) >= 11 is 8.45. The normalized spacial score (nSPS) is 10.4. The van der Waals surface area contributed by atoms with E-state index in [9.17, 15) is 0 Å². The highest BCUT2D eigenvalue weighted by Gasteiger charge is 2.03. The van der Waals surface area contributed by atoms with Crippen LogP contribution in [-0.2, 0) is 6.54 Å². The Labute approximate surface area is 114 Å². The highest BCUT2D eigenvalue weighted by molar-refractivity contribution is 9.10. The third kappa shape index (κ3) is 2.93. The minimum atomic E-state index is 0.262. The van der Waals surface area contributed by atoms with Crippen LogP contribution >= 0.6 is 43.2 Å². The minimum absolute atomic E-state index is 0.262. The third-order valence-corrected chi connectivity index (χ3v) is 4.09. The van der Waals surface area contributed by atoms with Gasteiger partial charge in [0.05, 0.1) is 11.0 Å². The van der Waals surface area contributed by atoms with Gasteiger partial charge in [-0.1, -0.05) is 0 Å². The molecule has 2 heterocycles. The third-order valence-electron chi connectivity index (χ3n) is 1.81. The van der Waals surface area contributed by atoms with Crippen molar-refractivity contribution in [1.82, 2.24) is 9.97 Å². The van der Waals surface area contributed by atoms with Gasteiger partial charge in [0, 0.05) is 20.9 Å². The molecule has 0 unspecified atom stereocenters. The Hall–Kier alpha value is -0.660. The summed E-state index contributed by atoms with van der Waals surface area (Å²) in [5.74, 6) is 0.968. The first-order valence-corrected chi connectivity index (χ1v) is 6.86. The fraction of sp³-hybridized carbons (Fsp3) is 0.111. The van der Waals surface area contributed by atoms with E-state index in [0.29, 0.717) is 12.4 Å². The van der Waals surface area contributed by atoms with E-state index in [-0.39, 0.29) is 5.95 Å². The molecule has 7 heteroatoms. The van der Waals surface area contributed by atoms with Crippen molar-refractivity contribution in [3.05, 3.63) is 31.5 Å². The second-order valence-electron chi connectivity index (χ2n) is 3.01. The van der Waals surface area contributed by atoms with Crippen LogP contribution in [0.5, 0.6) is 0 Å². The van der Waals surface area contributed by atoms with E-state index in [1.54, 1.807) is 17.5 Å². The van der Waals surface area contributed by atoms with Crippen LogP contribution in [0.25, 0.3) is 0 Å². The fourth-order valence-electron chi connectivity index (χ4n) is 1.12. The molecule has 0 amide bonds. The molecule has 0 fully saturated rings. The Kier molecular flexibility index (Phi) is 3.78. The average Bonchev–Trinajstić information content (AvgIpc) is 2.66. The van der Waals surface area contributed by atoms with Crippen LogP contribution in [0.1, 0.15) is 4.88 Å². The van der Waals surface area contributed by atoms with E-state index in [1.165, 1.54) is 4.88 Å². The lowest BCUT2D eigenvalue weighted by Crippen LogP contribution is -2.04. The predicted octanol–water partition coefficient (Wildman–Crippen LogP) is 3.26. The van der Waals surface area contributed by atoms with E-state index in [2.05, 4.69) is 53.2 Å². The van der Waals surface area contributed by atoms with Gasteiger partial charge >= 0.3 is 0 Å². The summed E-state index contributed by atoms with van der Waals surface area (Å²) in [6.07, 6.45) is 1.63. The number of anilines is 2. The molecule has 0 aliphatic carbocycles. The number of nitrogens with zero attached hydrogens (tertiary/aromatic N) is 2. The van der Waals surface area contributed by atoms with Gasteiger partial charge in [-0.3, -0.25) is 0 Å². The average molecular weight is 364 g/mol. The lowest BCUT2D eigenvalue weighted by atomic mass is 10.4. The molecule has 2 aromatic heterocycles. The van der Waals surface area contributed by atoms with Gasteiger partial charge in [0.15, 0.2) is 0 Å². The summed E-state index contributed by atoms with van der Waals surface area (Å²) in [6, 6.07) is 2.07. The first-order chi connectivity index (χ1) is 7.65. The Balaban J connectivity index is 2.07. The van der Waals surface area contributed by atoms with Gasteiger partial charge in [-0.2, -0.15) is 4.98 Å². The van der Waals surface area contributed by atoms with Crippen LogP contribution in [0.4, 0.5) is 11.8 Å². The van der Waals surface area contributed by atoms with Crippen LogP contribution < -0.4 is 11.1 Å². The van der Waals surface area contributed by atoms with E-state index >= 15 is 0 Å². The topological polar surface area (TPSA) is 63.8 Å². The molecule has 0 bridgehead atoms. The van der Waals surface area contributed by atoms with E-state index < -0.39 is 0 Å². The molecule has 84 valence electrons. The Bertz CT molecular complexity index is 500. The van der Waals surface area contributed by atoms with Crippen molar-refractivity contribution in [3.63, 3.8) is 0 Å². The maximum atomic E-state index is 5.51. The van der Waals surface area contributed by atoms with Gasteiger partial charge in [-0.15, -0.1) is 11.3 Å². The second kappa shape index (κ2) is 5.11.